The van der Waals surface area contributed by atoms with E-state index in [4.69, 9.17) is 0 Å². The smallest absolute Gasteiger partial charge is 0.225 e. The molecule has 3 aromatic rings. The normalized spacial score (nSPS) is 11.9. The molecular weight excluding hydrogens is 422 g/mol. The van der Waals surface area contributed by atoms with E-state index in [1.165, 1.54) is 11.3 Å². The average Bonchev–Trinajstić information content (AvgIpc) is 3.19. The van der Waals surface area contributed by atoms with E-state index in [1.807, 2.05) is 24.4 Å². The number of nitrogens with zero attached hydrogens (tertiary/aromatic N) is 1. The van der Waals surface area contributed by atoms with Crippen molar-refractivity contribution in [1.29, 1.82) is 0 Å². The Hall–Kier alpha value is -2.91. The molecule has 7 nitrogen and oxygen atoms in total. The molecule has 0 bridgehead atoms. The van der Waals surface area contributed by atoms with Crippen LogP contribution in [0.5, 0.6) is 5.75 Å². The first-order valence-electron chi connectivity index (χ1n) is 9.45. The first-order chi connectivity index (χ1) is 14.4. The molecule has 0 radical (unpaired) electrons. The summed E-state index contributed by atoms with van der Waals surface area (Å²) in [7, 11) is -2.71. The predicted molar refractivity (Wildman–Crippen MR) is 118 cm³/mol. The Morgan fingerprint density at radius 1 is 1.17 bits per heavy atom. The molecule has 9 heteroatoms. The second-order valence-electron chi connectivity index (χ2n) is 6.73. The van der Waals surface area contributed by atoms with E-state index in [-0.39, 0.29) is 24.1 Å². The van der Waals surface area contributed by atoms with Gasteiger partial charge in [0.1, 0.15) is 10.8 Å². The van der Waals surface area contributed by atoms with Crippen molar-refractivity contribution in [1.82, 2.24) is 10.3 Å². The largest absolute Gasteiger partial charge is 0.508 e. The van der Waals surface area contributed by atoms with Crippen molar-refractivity contribution in [3.05, 3.63) is 75.7 Å². The molecule has 0 saturated carbocycles. The molecule has 30 heavy (non-hydrogen) atoms. The van der Waals surface area contributed by atoms with Crippen LogP contribution in [0.2, 0.25) is 0 Å². The summed E-state index contributed by atoms with van der Waals surface area (Å²) in [5.74, 6) is -0.122. The fraction of sp³-hybridized carbons (Fsp3) is 0.238. The van der Waals surface area contributed by atoms with Crippen molar-refractivity contribution in [2.24, 2.45) is 0 Å². The van der Waals surface area contributed by atoms with Gasteiger partial charge in [0.25, 0.3) is 0 Å². The Morgan fingerprint density at radius 3 is 2.53 bits per heavy atom. The number of aryl methyl sites for hydroxylation is 1. The number of hydrogen-bond donors (Lipinski definition) is 4. The monoisotopic (exact) mass is 445 g/mol. The lowest BCUT2D eigenvalue weighted by Crippen LogP contribution is -2.31. The van der Waals surface area contributed by atoms with Crippen molar-refractivity contribution in [3.8, 4) is 5.75 Å². The second kappa shape index (κ2) is 10.2. The van der Waals surface area contributed by atoms with Gasteiger partial charge in [-0.05, 0) is 36.6 Å². The van der Waals surface area contributed by atoms with Crippen LogP contribution in [-0.4, -0.2) is 24.4 Å². The van der Waals surface area contributed by atoms with Crippen molar-refractivity contribution in [2.45, 2.75) is 32.2 Å². The number of amides is 1. The molecule has 1 amide bonds. The number of anilines is 1. The number of phenols is 1. The van der Waals surface area contributed by atoms with Gasteiger partial charge in [-0.25, -0.2) is 13.4 Å². The van der Waals surface area contributed by atoms with Gasteiger partial charge in [-0.2, -0.15) is 0 Å². The summed E-state index contributed by atoms with van der Waals surface area (Å²) >= 11 is 1.50. The van der Waals surface area contributed by atoms with Gasteiger partial charge in [-0.1, -0.05) is 37.3 Å². The lowest BCUT2D eigenvalue weighted by Gasteiger charge is -2.17. The van der Waals surface area contributed by atoms with Crippen LogP contribution in [0.15, 0.2) is 53.9 Å². The summed E-state index contributed by atoms with van der Waals surface area (Å²) in [5.41, 5.74) is 2.94. The van der Waals surface area contributed by atoms with Gasteiger partial charge in [0.2, 0.25) is 16.8 Å². The molecule has 0 fully saturated rings. The number of aromatic nitrogens is 1. The number of thiazole rings is 1. The van der Waals surface area contributed by atoms with E-state index in [9.17, 15) is 18.3 Å². The van der Waals surface area contributed by atoms with Crippen molar-refractivity contribution in [3.63, 3.8) is 0 Å². The zero-order valence-electron chi connectivity index (χ0n) is 16.4. The van der Waals surface area contributed by atoms with Crippen LogP contribution in [-0.2, 0) is 34.9 Å². The lowest BCUT2D eigenvalue weighted by molar-refractivity contribution is -0.121. The molecule has 0 aliphatic carbocycles. The van der Waals surface area contributed by atoms with Gasteiger partial charge in [0, 0.05) is 16.6 Å². The highest BCUT2D eigenvalue weighted by molar-refractivity contribution is 7.73. The van der Waals surface area contributed by atoms with Gasteiger partial charge in [0.15, 0.2) is 0 Å². The number of benzene rings is 2. The molecule has 0 unspecified atom stereocenters. The Morgan fingerprint density at radius 2 is 1.90 bits per heavy atom. The number of hydrogen-bond acceptors (Lipinski definition) is 6. The number of rotatable bonds is 9. The van der Waals surface area contributed by atoms with Crippen LogP contribution in [0.4, 0.5) is 5.69 Å². The Balaban J connectivity index is 1.76. The molecule has 0 saturated heterocycles. The quantitative estimate of drug-likeness (QED) is 0.379. The fourth-order valence-corrected chi connectivity index (χ4v) is 4.29. The van der Waals surface area contributed by atoms with Gasteiger partial charge >= 0.3 is 0 Å². The first-order valence-corrected chi connectivity index (χ1v) is 11.5. The molecule has 3 N–H and O–H groups in total. The lowest BCUT2D eigenvalue weighted by atomic mass is 10.0. The highest BCUT2D eigenvalue weighted by atomic mass is 32.2. The van der Waals surface area contributed by atoms with Crippen LogP contribution >= 0.6 is 11.3 Å². The molecule has 0 aliphatic heterocycles. The van der Waals surface area contributed by atoms with E-state index in [0.717, 1.165) is 22.7 Å². The topological polar surface area (TPSA) is 108 Å². The summed E-state index contributed by atoms with van der Waals surface area (Å²) in [6.45, 7) is 2.02. The Bertz CT molecular complexity index is 1070. The molecule has 0 spiro atoms. The summed E-state index contributed by atoms with van der Waals surface area (Å²) in [6.07, 6.45) is 1.38. The molecule has 0 aliphatic rings. The van der Waals surface area contributed by atoms with E-state index >= 15 is 0 Å². The molecule has 1 aromatic heterocycles. The highest BCUT2D eigenvalue weighted by Crippen LogP contribution is 2.24. The molecule has 1 atom stereocenters. The van der Waals surface area contributed by atoms with Gasteiger partial charge in [-0.15, -0.1) is 11.3 Å². The minimum atomic E-state index is -2.71. The maximum atomic E-state index is 12.7. The zero-order valence-corrected chi connectivity index (χ0v) is 18.1. The van der Waals surface area contributed by atoms with Crippen LogP contribution in [0.3, 0.4) is 0 Å². The number of phenolic OH excluding ortho intramolecular Hbond substituents is 1. The van der Waals surface area contributed by atoms with E-state index < -0.39 is 10.9 Å². The SMILES string of the molecule is CCc1csc([C@H](Cc2ccc(N[SH](=O)=O)cc2)NC(=O)Cc2ccccc2O)n1. The van der Waals surface area contributed by atoms with E-state index in [0.29, 0.717) is 17.7 Å². The first kappa shape index (κ1) is 21.8. The number of thiol groups is 1. The van der Waals surface area contributed by atoms with Gasteiger partial charge < -0.3 is 10.4 Å². The van der Waals surface area contributed by atoms with Crippen molar-refractivity contribution in [2.75, 3.05) is 4.72 Å². The molecule has 158 valence electrons. The maximum absolute atomic E-state index is 12.7. The summed E-state index contributed by atoms with van der Waals surface area (Å²) in [6, 6.07) is 13.4. The molecule has 1 heterocycles. The van der Waals surface area contributed by atoms with Crippen LogP contribution in [0.1, 0.15) is 34.8 Å². The third kappa shape index (κ3) is 6.04. The average molecular weight is 446 g/mol. The van der Waals surface area contributed by atoms with Crippen molar-refractivity contribution < 1.29 is 18.3 Å². The van der Waals surface area contributed by atoms with Crippen LogP contribution in [0, 0.1) is 0 Å². The third-order valence-corrected chi connectivity index (χ3v) is 5.97. The maximum Gasteiger partial charge on any atom is 0.225 e. The third-order valence-electron chi connectivity index (χ3n) is 4.52. The fourth-order valence-electron chi connectivity index (χ4n) is 2.98. The van der Waals surface area contributed by atoms with Crippen LogP contribution < -0.4 is 10.0 Å². The standard InChI is InChI=1S/C21H23N3O4S2/c1-2-16-13-29-21(22-16)18(11-14-7-9-17(10-8-14)24-30(27)28)23-20(26)12-15-5-3-4-6-19(15)25/h3-10,13,18,25,30H,2,11-12H2,1H3,(H,23,26)(H,24,27,28)/t18-/m0/s1. The zero-order chi connectivity index (χ0) is 21.5. The number of carbonyl (C=O) groups is 1. The number of para-hydroxylation sites is 1. The number of nitrogens with one attached hydrogen (secondary N) is 2. The van der Waals surface area contributed by atoms with Gasteiger partial charge in [0.05, 0.1) is 18.2 Å². The minimum absolute atomic E-state index is 0.0641. The Kier molecular flexibility index (Phi) is 7.42. The number of carbonyl (C=O) groups excluding carboxylic acids is 1. The summed E-state index contributed by atoms with van der Waals surface area (Å²) < 4.78 is 23.9. The van der Waals surface area contributed by atoms with E-state index in [1.54, 1.807) is 36.4 Å². The number of aromatic hydroxyl groups is 1. The summed E-state index contributed by atoms with van der Waals surface area (Å²) in [5, 5.41) is 15.7. The second-order valence-corrected chi connectivity index (χ2v) is 8.35. The van der Waals surface area contributed by atoms with Gasteiger partial charge in [-0.3, -0.25) is 9.52 Å². The highest BCUT2D eigenvalue weighted by Gasteiger charge is 2.20. The molecular formula is C21H23N3O4S2. The van der Waals surface area contributed by atoms with E-state index in [2.05, 4.69) is 15.0 Å². The Labute approximate surface area is 180 Å². The predicted octanol–water partition coefficient (Wildman–Crippen LogP) is 2.99. The summed E-state index contributed by atoms with van der Waals surface area (Å²) in [4.78, 5) is 17.3. The minimum Gasteiger partial charge on any atom is -0.508 e. The molecule has 3 rings (SSSR count). The van der Waals surface area contributed by atoms with Crippen LogP contribution in [0.25, 0.3) is 0 Å². The van der Waals surface area contributed by atoms with Crippen molar-refractivity contribution >= 4 is 33.8 Å². The molecule has 2 aromatic carbocycles.